The lowest BCUT2D eigenvalue weighted by molar-refractivity contribution is -0.119. The van der Waals surface area contributed by atoms with Crippen molar-refractivity contribution in [2.45, 2.75) is 39.7 Å². The molecule has 2 rings (SSSR count). The smallest absolute Gasteiger partial charge is 0.239 e. The predicted octanol–water partition coefficient (Wildman–Crippen LogP) is 1.49. The zero-order valence-corrected chi connectivity index (χ0v) is 17.5. The van der Waals surface area contributed by atoms with Gasteiger partial charge in [-0.2, -0.15) is 5.10 Å². The van der Waals surface area contributed by atoms with Gasteiger partial charge in [0.15, 0.2) is 5.96 Å². The van der Waals surface area contributed by atoms with Crippen molar-refractivity contribution in [1.29, 1.82) is 0 Å². The van der Waals surface area contributed by atoms with Crippen LogP contribution in [0.2, 0.25) is 0 Å². The van der Waals surface area contributed by atoms with Crippen LogP contribution in [-0.2, 0) is 24.7 Å². The first-order chi connectivity index (χ1) is 13.4. The third-order valence-electron chi connectivity index (χ3n) is 4.77. The molecule has 1 amide bonds. The number of aryl methyl sites for hydroxylation is 2. The van der Waals surface area contributed by atoms with Crippen molar-refractivity contribution in [1.82, 2.24) is 25.7 Å². The Morgan fingerprint density at radius 3 is 2.54 bits per heavy atom. The number of carbonyl (C=O) groups excluding carboxylic acids is 1. The number of hydrogen-bond donors (Lipinski definition) is 3. The fourth-order valence-electron chi connectivity index (χ4n) is 3.12. The molecule has 0 aliphatic heterocycles. The zero-order valence-electron chi connectivity index (χ0n) is 17.5. The normalized spacial score (nSPS) is 12.5. The lowest BCUT2D eigenvalue weighted by Gasteiger charge is -2.18. The van der Waals surface area contributed by atoms with E-state index in [1.807, 2.05) is 36.9 Å². The molecule has 0 spiro atoms. The molecule has 7 heteroatoms. The molecule has 0 saturated heterocycles. The van der Waals surface area contributed by atoms with Crippen LogP contribution >= 0.6 is 0 Å². The second-order valence-electron chi connectivity index (χ2n) is 7.03. The number of guanidine groups is 1. The van der Waals surface area contributed by atoms with Crippen molar-refractivity contribution in [2.75, 3.05) is 20.1 Å². The van der Waals surface area contributed by atoms with E-state index >= 15 is 0 Å². The maximum absolute atomic E-state index is 12.1. The van der Waals surface area contributed by atoms with Crippen LogP contribution in [0.15, 0.2) is 35.3 Å². The Morgan fingerprint density at radius 2 is 1.93 bits per heavy atom. The number of nitrogens with zero attached hydrogens (tertiary/aromatic N) is 3. The van der Waals surface area contributed by atoms with Crippen LogP contribution in [0.25, 0.3) is 0 Å². The van der Waals surface area contributed by atoms with Gasteiger partial charge in [-0.15, -0.1) is 0 Å². The van der Waals surface area contributed by atoms with E-state index in [1.54, 1.807) is 7.05 Å². The van der Waals surface area contributed by atoms with Gasteiger partial charge in [-0.1, -0.05) is 30.3 Å². The van der Waals surface area contributed by atoms with E-state index in [9.17, 15) is 4.79 Å². The number of hydrogen-bond acceptors (Lipinski definition) is 3. The van der Waals surface area contributed by atoms with E-state index in [-0.39, 0.29) is 18.5 Å². The SMILES string of the molecule is CN=C(NCC(=O)NCCc1ccccc1)NC(C)Cc1c(C)nn(C)c1C. The van der Waals surface area contributed by atoms with Crippen molar-refractivity contribution in [2.24, 2.45) is 12.0 Å². The molecule has 0 aliphatic rings. The Labute approximate surface area is 167 Å². The Balaban J connectivity index is 1.73. The van der Waals surface area contributed by atoms with Gasteiger partial charge in [-0.25, -0.2) is 0 Å². The van der Waals surface area contributed by atoms with Gasteiger partial charge in [-0.05, 0) is 44.7 Å². The third kappa shape index (κ3) is 6.40. The van der Waals surface area contributed by atoms with E-state index in [0.717, 1.165) is 18.5 Å². The van der Waals surface area contributed by atoms with Crippen molar-refractivity contribution < 1.29 is 4.79 Å². The molecule has 0 fully saturated rings. The molecule has 1 aromatic carbocycles. The highest BCUT2D eigenvalue weighted by atomic mass is 16.1. The number of benzene rings is 1. The minimum atomic E-state index is -0.0505. The first-order valence-electron chi connectivity index (χ1n) is 9.67. The van der Waals surface area contributed by atoms with E-state index in [0.29, 0.717) is 12.5 Å². The maximum atomic E-state index is 12.1. The number of aliphatic imine (C=N–C) groups is 1. The molecule has 1 unspecified atom stereocenters. The average molecular weight is 385 g/mol. The van der Waals surface area contributed by atoms with E-state index in [1.165, 1.54) is 16.8 Å². The van der Waals surface area contributed by atoms with Crippen LogP contribution in [-0.4, -0.2) is 47.8 Å². The number of rotatable bonds is 8. The summed E-state index contributed by atoms with van der Waals surface area (Å²) in [7, 11) is 3.66. The number of aromatic nitrogens is 2. The summed E-state index contributed by atoms with van der Waals surface area (Å²) in [5.74, 6) is 0.565. The predicted molar refractivity (Wildman–Crippen MR) is 114 cm³/mol. The molecular weight excluding hydrogens is 352 g/mol. The first kappa shape index (κ1) is 21.5. The quantitative estimate of drug-likeness (QED) is 0.476. The maximum Gasteiger partial charge on any atom is 0.239 e. The summed E-state index contributed by atoms with van der Waals surface area (Å²) in [6.07, 6.45) is 1.66. The Kier molecular flexibility index (Phi) is 8.04. The van der Waals surface area contributed by atoms with Crippen LogP contribution in [0.5, 0.6) is 0 Å². The Morgan fingerprint density at radius 1 is 1.21 bits per heavy atom. The van der Waals surface area contributed by atoms with Gasteiger partial charge in [0.05, 0.1) is 12.2 Å². The molecule has 0 bridgehead atoms. The van der Waals surface area contributed by atoms with E-state index < -0.39 is 0 Å². The summed E-state index contributed by atoms with van der Waals surface area (Å²) in [6.45, 7) is 7.01. The van der Waals surface area contributed by atoms with Gasteiger partial charge in [0.1, 0.15) is 0 Å². The molecule has 1 aromatic heterocycles. The van der Waals surface area contributed by atoms with Crippen LogP contribution < -0.4 is 16.0 Å². The second-order valence-corrected chi connectivity index (χ2v) is 7.03. The highest BCUT2D eigenvalue weighted by Crippen LogP contribution is 2.14. The van der Waals surface area contributed by atoms with Crippen LogP contribution in [0, 0.1) is 13.8 Å². The number of nitrogens with one attached hydrogen (secondary N) is 3. The first-order valence-corrected chi connectivity index (χ1v) is 9.67. The van der Waals surface area contributed by atoms with Crippen molar-refractivity contribution in [3.05, 3.63) is 52.8 Å². The average Bonchev–Trinajstić information content (AvgIpc) is 2.92. The molecule has 1 heterocycles. The minimum absolute atomic E-state index is 0.0505. The molecule has 28 heavy (non-hydrogen) atoms. The monoisotopic (exact) mass is 384 g/mol. The number of carbonyl (C=O) groups is 1. The summed E-state index contributed by atoms with van der Waals surface area (Å²) in [4.78, 5) is 16.3. The molecular formula is C21H32N6O. The highest BCUT2D eigenvalue weighted by molar-refractivity contribution is 5.86. The van der Waals surface area contributed by atoms with Gasteiger partial charge in [0.25, 0.3) is 0 Å². The summed E-state index contributed by atoms with van der Waals surface area (Å²) >= 11 is 0. The molecule has 7 nitrogen and oxygen atoms in total. The second kappa shape index (κ2) is 10.5. The fourth-order valence-corrected chi connectivity index (χ4v) is 3.12. The molecule has 1 atom stereocenters. The summed E-state index contributed by atoms with van der Waals surface area (Å²) in [5, 5.41) is 13.8. The molecule has 0 aliphatic carbocycles. The van der Waals surface area contributed by atoms with Gasteiger partial charge in [0, 0.05) is 32.4 Å². The lowest BCUT2D eigenvalue weighted by atomic mass is 10.1. The zero-order chi connectivity index (χ0) is 20.5. The topological polar surface area (TPSA) is 83.3 Å². The largest absolute Gasteiger partial charge is 0.354 e. The molecule has 0 radical (unpaired) electrons. The summed E-state index contributed by atoms with van der Waals surface area (Å²) in [6, 6.07) is 10.3. The van der Waals surface area contributed by atoms with Gasteiger partial charge >= 0.3 is 0 Å². The minimum Gasteiger partial charge on any atom is -0.354 e. The molecule has 152 valence electrons. The molecule has 0 saturated carbocycles. The van der Waals surface area contributed by atoms with Crippen molar-refractivity contribution >= 4 is 11.9 Å². The summed E-state index contributed by atoms with van der Waals surface area (Å²) in [5.41, 5.74) is 4.68. The van der Waals surface area contributed by atoms with Gasteiger partial charge in [0.2, 0.25) is 5.91 Å². The van der Waals surface area contributed by atoms with Crippen LogP contribution in [0.4, 0.5) is 0 Å². The van der Waals surface area contributed by atoms with E-state index in [4.69, 9.17) is 0 Å². The van der Waals surface area contributed by atoms with Crippen molar-refractivity contribution in [3.8, 4) is 0 Å². The van der Waals surface area contributed by atoms with Crippen LogP contribution in [0.1, 0.15) is 29.4 Å². The Hall–Kier alpha value is -2.83. The van der Waals surface area contributed by atoms with Gasteiger partial charge < -0.3 is 16.0 Å². The highest BCUT2D eigenvalue weighted by Gasteiger charge is 2.14. The standard InChI is InChI=1S/C21H32N6O/c1-15(13-19-16(2)26-27(5)17(19)3)25-21(22-4)24-14-20(28)23-12-11-18-9-7-6-8-10-18/h6-10,15H,11-14H2,1-5H3,(H,23,28)(H2,22,24,25). The molecule has 3 N–H and O–H groups in total. The molecule has 2 aromatic rings. The fraction of sp³-hybridized carbons (Fsp3) is 0.476. The third-order valence-corrected chi connectivity index (χ3v) is 4.77. The number of amides is 1. The lowest BCUT2D eigenvalue weighted by Crippen LogP contribution is -2.46. The Bertz CT molecular complexity index is 797. The summed E-state index contributed by atoms with van der Waals surface area (Å²) < 4.78 is 1.91. The van der Waals surface area contributed by atoms with Crippen molar-refractivity contribution in [3.63, 3.8) is 0 Å². The van der Waals surface area contributed by atoms with E-state index in [2.05, 4.69) is 52.0 Å². The van der Waals surface area contributed by atoms with Crippen LogP contribution in [0.3, 0.4) is 0 Å². The van der Waals surface area contributed by atoms with Gasteiger partial charge in [-0.3, -0.25) is 14.5 Å².